The van der Waals surface area contributed by atoms with Crippen LogP contribution >= 0.6 is 11.8 Å². The van der Waals surface area contributed by atoms with E-state index < -0.39 is 23.4 Å². The number of para-hydroxylation sites is 2. The van der Waals surface area contributed by atoms with Crippen molar-refractivity contribution >= 4 is 23.6 Å². The summed E-state index contributed by atoms with van der Waals surface area (Å²) >= 11 is 1.07. The van der Waals surface area contributed by atoms with Crippen LogP contribution in [0.5, 0.6) is 5.75 Å². The van der Waals surface area contributed by atoms with E-state index in [1.165, 1.54) is 30.3 Å². The number of carbonyl (C=O) groups is 2. The van der Waals surface area contributed by atoms with E-state index in [4.69, 9.17) is 4.74 Å². The maximum atomic E-state index is 13.9. The number of thioether (sulfide) groups is 1. The van der Waals surface area contributed by atoms with Gasteiger partial charge in [-0.2, -0.15) is 0 Å². The van der Waals surface area contributed by atoms with Crippen LogP contribution in [-0.2, 0) is 11.4 Å². The molecule has 4 aromatic rings. The van der Waals surface area contributed by atoms with Crippen LogP contribution in [0.4, 0.5) is 8.78 Å². The van der Waals surface area contributed by atoms with Gasteiger partial charge in [-0.1, -0.05) is 54.2 Å². The molecule has 4 rings (SSSR count). The van der Waals surface area contributed by atoms with E-state index in [0.29, 0.717) is 11.0 Å². The average molecular weight is 496 g/mol. The van der Waals surface area contributed by atoms with E-state index in [-0.39, 0.29) is 23.7 Å². The van der Waals surface area contributed by atoms with Gasteiger partial charge in [0.25, 0.3) is 5.91 Å². The number of aromatic nitrogens is 3. The fourth-order valence-corrected chi connectivity index (χ4v) is 3.80. The van der Waals surface area contributed by atoms with Crippen molar-refractivity contribution in [2.24, 2.45) is 0 Å². The Balaban J connectivity index is 1.42. The molecule has 0 saturated carbocycles. The van der Waals surface area contributed by atoms with Crippen molar-refractivity contribution in [3.63, 3.8) is 0 Å². The molecule has 35 heavy (non-hydrogen) atoms. The predicted octanol–water partition coefficient (Wildman–Crippen LogP) is 3.68. The number of nitrogens with one attached hydrogen (secondary N) is 2. The largest absolute Gasteiger partial charge is 0.483 e. The third-order valence-electron chi connectivity index (χ3n) is 4.67. The smallest absolute Gasteiger partial charge is 0.272 e. The summed E-state index contributed by atoms with van der Waals surface area (Å²) in [7, 11) is 0. The van der Waals surface area contributed by atoms with E-state index in [1.807, 2.05) is 30.3 Å². The lowest BCUT2D eigenvalue weighted by molar-refractivity contribution is -0.119. The summed E-state index contributed by atoms with van der Waals surface area (Å²) in [5.41, 5.74) is 4.96. The molecule has 0 unspecified atom stereocenters. The molecule has 3 aromatic carbocycles. The molecule has 11 heteroatoms. The Morgan fingerprint density at radius 2 is 1.54 bits per heavy atom. The average Bonchev–Trinajstić information content (AvgIpc) is 3.29. The molecule has 0 fully saturated rings. The van der Waals surface area contributed by atoms with Crippen molar-refractivity contribution in [2.75, 3.05) is 5.75 Å². The van der Waals surface area contributed by atoms with Gasteiger partial charge < -0.3 is 4.74 Å². The standard InChI is InChI=1S/C24H19F2N5O3S/c25-18-11-5-4-10-17(18)23(33)29-28-22(32)15-35-24-30-27-21(31(24)16-8-2-1-3-9-16)14-34-20-13-7-6-12-19(20)26/h1-13H,14-15H2,(H,28,32)(H,29,33). The first-order valence-electron chi connectivity index (χ1n) is 10.4. The molecule has 1 heterocycles. The first-order chi connectivity index (χ1) is 17.0. The number of hydrogen-bond donors (Lipinski definition) is 2. The zero-order chi connectivity index (χ0) is 24.6. The Labute approximate surface area is 203 Å². The second kappa shape index (κ2) is 11.3. The molecule has 0 spiro atoms. The van der Waals surface area contributed by atoms with E-state index in [9.17, 15) is 18.4 Å². The molecule has 1 aromatic heterocycles. The second-order valence-corrected chi connectivity index (χ2v) is 8.00. The number of amides is 2. The normalized spacial score (nSPS) is 10.6. The minimum Gasteiger partial charge on any atom is -0.483 e. The topological polar surface area (TPSA) is 98.1 Å². The number of ether oxygens (including phenoxy) is 1. The van der Waals surface area contributed by atoms with Gasteiger partial charge >= 0.3 is 0 Å². The van der Waals surface area contributed by atoms with Crippen molar-refractivity contribution in [2.45, 2.75) is 11.8 Å². The number of nitrogens with zero attached hydrogens (tertiary/aromatic N) is 3. The number of halogens is 2. The molecule has 0 atom stereocenters. The maximum Gasteiger partial charge on any atom is 0.272 e. The number of carbonyl (C=O) groups excluding carboxylic acids is 2. The molecule has 2 amide bonds. The van der Waals surface area contributed by atoms with Gasteiger partial charge in [-0.05, 0) is 36.4 Å². The minimum absolute atomic E-state index is 0.0612. The minimum atomic E-state index is -0.776. The molecule has 0 aliphatic carbocycles. The summed E-state index contributed by atoms with van der Waals surface area (Å²) in [5, 5.41) is 8.67. The highest BCUT2D eigenvalue weighted by Crippen LogP contribution is 2.23. The second-order valence-electron chi connectivity index (χ2n) is 7.06. The first kappa shape index (κ1) is 23.9. The molecule has 2 N–H and O–H groups in total. The van der Waals surface area contributed by atoms with Crippen molar-refractivity contribution in [1.82, 2.24) is 25.6 Å². The van der Waals surface area contributed by atoms with Gasteiger partial charge in [0, 0.05) is 5.69 Å². The number of hydrogen-bond acceptors (Lipinski definition) is 6. The first-order valence-corrected chi connectivity index (χ1v) is 11.3. The van der Waals surface area contributed by atoms with Crippen LogP contribution in [0.15, 0.2) is 84.0 Å². The predicted molar refractivity (Wildman–Crippen MR) is 125 cm³/mol. The number of hydrazine groups is 1. The van der Waals surface area contributed by atoms with Crippen molar-refractivity contribution in [3.05, 3.63) is 102 Å². The van der Waals surface area contributed by atoms with Gasteiger partial charge in [0.15, 0.2) is 22.5 Å². The molecular formula is C24H19F2N5O3S. The lowest BCUT2D eigenvalue weighted by Crippen LogP contribution is -2.42. The lowest BCUT2D eigenvalue weighted by atomic mass is 10.2. The summed E-state index contributed by atoms with van der Waals surface area (Å²) in [6.45, 7) is -0.0612. The monoisotopic (exact) mass is 495 g/mol. The third kappa shape index (κ3) is 6.01. The van der Waals surface area contributed by atoms with Crippen LogP contribution in [0.3, 0.4) is 0 Å². The fourth-order valence-electron chi connectivity index (χ4n) is 3.03. The Kier molecular flexibility index (Phi) is 7.68. The molecule has 0 aliphatic rings. The summed E-state index contributed by atoms with van der Waals surface area (Å²) < 4.78 is 34.9. The highest BCUT2D eigenvalue weighted by Gasteiger charge is 2.18. The number of rotatable bonds is 8. The quantitative estimate of drug-likeness (QED) is 0.286. The van der Waals surface area contributed by atoms with Crippen molar-refractivity contribution in [1.29, 1.82) is 0 Å². The van der Waals surface area contributed by atoms with Gasteiger partial charge in [0.05, 0.1) is 11.3 Å². The Bertz CT molecular complexity index is 1330. The zero-order valence-electron chi connectivity index (χ0n) is 18.2. The highest BCUT2D eigenvalue weighted by molar-refractivity contribution is 7.99. The van der Waals surface area contributed by atoms with E-state index >= 15 is 0 Å². The Hall–Kier alpha value is -4.25. The lowest BCUT2D eigenvalue weighted by Gasteiger charge is -2.11. The SMILES string of the molecule is O=C(CSc1nnc(COc2ccccc2F)n1-c1ccccc1)NNC(=O)c1ccccc1F. The Morgan fingerprint density at radius 3 is 2.29 bits per heavy atom. The van der Waals surface area contributed by atoms with Crippen molar-refractivity contribution in [3.8, 4) is 11.4 Å². The maximum absolute atomic E-state index is 13.9. The molecule has 0 bridgehead atoms. The molecule has 8 nitrogen and oxygen atoms in total. The van der Waals surface area contributed by atoms with Crippen LogP contribution in [-0.4, -0.2) is 32.3 Å². The van der Waals surface area contributed by atoms with E-state index in [1.54, 1.807) is 16.7 Å². The molecule has 0 aliphatic heterocycles. The zero-order valence-corrected chi connectivity index (χ0v) is 19.0. The van der Waals surface area contributed by atoms with Gasteiger partial charge in [-0.15, -0.1) is 10.2 Å². The molecular weight excluding hydrogens is 476 g/mol. The highest BCUT2D eigenvalue weighted by atomic mass is 32.2. The van der Waals surface area contributed by atoms with Gasteiger partial charge in [0.2, 0.25) is 5.91 Å². The van der Waals surface area contributed by atoms with Gasteiger partial charge in [-0.3, -0.25) is 25.0 Å². The van der Waals surface area contributed by atoms with Crippen LogP contribution < -0.4 is 15.6 Å². The van der Waals surface area contributed by atoms with Gasteiger partial charge in [-0.25, -0.2) is 8.78 Å². The summed E-state index contributed by atoms with van der Waals surface area (Å²) in [4.78, 5) is 24.3. The van der Waals surface area contributed by atoms with E-state index in [2.05, 4.69) is 21.0 Å². The van der Waals surface area contributed by atoms with Crippen LogP contribution in [0.2, 0.25) is 0 Å². The van der Waals surface area contributed by atoms with Crippen molar-refractivity contribution < 1.29 is 23.1 Å². The van der Waals surface area contributed by atoms with Crippen LogP contribution in [0.25, 0.3) is 5.69 Å². The number of benzene rings is 3. The molecule has 0 saturated heterocycles. The molecule has 178 valence electrons. The van der Waals surface area contributed by atoms with Crippen LogP contribution in [0, 0.1) is 11.6 Å². The fraction of sp³-hybridized carbons (Fsp3) is 0.0833. The molecule has 0 radical (unpaired) electrons. The summed E-state index contributed by atoms with van der Waals surface area (Å²) in [6.07, 6.45) is 0. The summed E-state index contributed by atoms with van der Waals surface area (Å²) in [6, 6.07) is 20.6. The van der Waals surface area contributed by atoms with Gasteiger partial charge in [0.1, 0.15) is 12.4 Å². The summed E-state index contributed by atoms with van der Waals surface area (Å²) in [5.74, 6) is -2.15. The third-order valence-corrected chi connectivity index (χ3v) is 5.60. The Morgan fingerprint density at radius 1 is 0.857 bits per heavy atom. The van der Waals surface area contributed by atoms with E-state index in [0.717, 1.165) is 23.5 Å². The van der Waals surface area contributed by atoms with Crippen LogP contribution in [0.1, 0.15) is 16.2 Å².